The van der Waals surface area contributed by atoms with Crippen LogP contribution in [0, 0.1) is 13.8 Å². The van der Waals surface area contributed by atoms with Gasteiger partial charge >= 0.3 is 37.9 Å². The molecular formula is C37H38Cl2SiZr. The van der Waals surface area contributed by atoms with Gasteiger partial charge in [0, 0.05) is 9.52 Å². The Hall–Kier alpha value is -2.22. The van der Waals surface area contributed by atoms with Crippen LogP contribution in [0.2, 0.25) is 13.1 Å². The number of hydrogen-bond donors (Lipinski definition) is 0. The summed E-state index contributed by atoms with van der Waals surface area (Å²) in [6.07, 6.45) is 0. The zero-order valence-electron chi connectivity index (χ0n) is 24.8. The third-order valence-corrected chi connectivity index (χ3v) is 6.72. The summed E-state index contributed by atoms with van der Waals surface area (Å²) < 4.78 is 0. The predicted octanol–water partition coefficient (Wildman–Crippen LogP) is 12.4. The molecule has 0 saturated carbocycles. The standard InChI is InChI=1S/C18H17.C17H15.C2H6Si.2ClH.Zr/c1-13(2)16-11-15-9-6-10-17(18(15)12-16)14-7-4-3-5-8-14;1-12-8-15-9-13(2)11-17(15)16(10-12)14-6-4-3-5-7-14;1-3-2;;;/h3-13H,1-2H3;3-11H,1-2H3;1-2H3;2*1H;/q2*-1;;;;+4/p-2. The molecule has 2 radical (unpaired) electrons. The van der Waals surface area contributed by atoms with E-state index >= 15 is 0 Å². The number of fused-ring (bicyclic) bond motifs is 2. The van der Waals surface area contributed by atoms with Crippen LogP contribution in [0.3, 0.4) is 0 Å². The molecule has 0 aliphatic rings. The number of rotatable bonds is 3. The van der Waals surface area contributed by atoms with E-state index in [4.69, 9.17) is 17.0 Å². The Morgan fingerprint density at radius 2 is 1.17 bits per heavy atom. The Balaban J connectivity index is 0.000000190. The minimum absolute atomic E-state index is 0.584. The van der Waals surface area contributed by atoms with Crippen molar-refractivity contribution in [1.82, 2.24) is 0 Å². The Kier molecular flexibility index (Phi) is 13.8. The third kappa shape index (κ3) is 9.39. The molecule has 0 heterocycles. The van der Waals surface area contributed by atoms with Crippen LogP contribution in [-0.2, 0) is 20.8 Å². The van der Waals surface area contributed by atoms with Gasteiger partial charge in [-0.25, -0.2) is 0 Å². The van der Waals surface area contributed by atoms with Crippen LogP contribution in [0.25, 0.3) is 43.8 Å². The Morgan fingerprint density at radius 1 is 0.634 bits per heavy atom. The normalized spacial score (nSPS) is 10.2. The average molecular weight is 673 g/mol. The molecular weight excluding hydrogens is 635 g/mol. The van der Waals surface area contributed by atoms with E-state index in [1.165, 1.54) is 60.5 Å². The van der Waals surface area contributed by atoms with Gasteiger partial charge in [0.05, 0.1) is 0 Å². The van der Waals surface area contributed by atoms with Crippen molar-refractivity contribution in [1.29, 1.82) is 0 Å². The molecule has 0 aromatic heterocycles. The van der Waals surface area contributed by atoms with E-state index in [1.807, 2.05) is 0 Å². The Labute approximate surface area is 267 Å². The summed E-state index contributed by atoms with van der Waals surface area (Å²) in [5, 5.41) is 5.42. The summed E-state index contributed by atoms with van der Waals surface area (Å²) in [6.45, 7) is 13.1. The molecule has 0 N–H and O–H groups in total. The molecule has 0 aliphatic heterocycles. The van der Waals surface area contributed by atoms with E-state index in [0.29, 0.717) is 5.92 Å². The van der Waals surface area contributed by atoms with Crippen LogP contribution >= 0.6 is 17.0 Å². The van der Waals surface area contributed by atoms with E-state index in [9.17, 15) is 0 Å². The molecule has 0 atom stereocenters. The molecule has 0 nitrogen and oxygen atoms in total. The maximum absolute atomic E-state index is 4.93. The van der Waals surface area contributed by atoms with Crippen LogP contribution in [-0.4, -0.2) is 9.52 Å². The van der Waals surface area contributed by atoms with Gasteiger partial charge in [0.2, 0.25) is 0 Å². The van der Waals surface area contributed by atoms with E-state index < -0.39 is 20.8 Å². The predicted molar refractivity (Wildman–Crippen MR) is 183 cm³/mol. The first kappa shape index (κ1) is 33.3. The van der Waals surface area contributed by atoms with Crippen LogP contribution in [0.5, 0.6) is 0 Å². The first-order chi connectivity index (χ1) is 19.8. The van der Waals surface area contributed by atoms with Crippen LogP contribution < -0.4 is 0 Å². The van der Waals surface area contributed by atoms with E-state index in [2.05, 4.69) is 156 Å². The molecule has 41 heavy (non-hydrogen) atoms. The molecule has 0 unspecified atom stereocenters. The number of halogens is 2. The summed E-state index contributed by atoms with van der Waals surface area (Å²) in [4.78, 5) is 0. The van der Waals surface area contributed by atoms with Crippen molar-refractivity contribution in [2.45, 2.75) is 46.7 Å². The fraction of sp³-hybridized carbons (Fsp3) is 0.189. The summed E-state index contributed by atoms with van der Waals surface area (Å²) in [7, 11) is 11.0. The SMILES string of the molecule is CC(C)c1cc2c(-c3ccccc3)cccc2[cH-]1.C[Si]C.Cc1cc(-c2ccccc2)c2cc(C)[cH-]c2c1.[Cl][Zr+2][Cl]. The van der Waals surface area contributed by atoms with Gasteiger partial charge in [-0.2, -0.15) is 12.1 Å². The molecule has 6 aromatic carbocycles. The van der Waals surface area contributed by atoms with Crippen molar-refractivity contribution in [2.75, 3.05) is 0 Å². The average Bonchev–Trinajstić information content (AvgIpc) is 3.58. The third-order valence-electron chi connectivity index (χ3n) is 6.72. The summed E-state index contributed by atoms with van der Waals surface area (Å²) in [5.74, 6) is 0.584. The van der Waals surface area contributed by atoms with Crippen LogP contribution in [0.4, 0.5) is 0 Å². The zero-order chi connectivity index (χ0) is 29.8. The first-order valence-electron chi connectivity index (χ1n) is 13.9. The van der Waals surface area contributed by atoms with Crippen molar-refractivity contribution in [3.8, 4) is 22.3 Å². The fourth-order valence-corrected chi connectivity index (χ4v) is 4.94. The van der Waals surface area contributed by atoms with Crippen molar-refractivity contribution in [3.63, 3.8) is 0 Å². The molecule has 6 aromatic rings. The number of aryl methyl sites for hydroxylation is 2. The Morgan fingerprint density at radius 3 is 1.73 bits per heavy atom. The second-order valence-electron chi connectivity index (χ2n) is 10.4. The van der Waals surface area contributed by atoms with Crippen LogP contribution in [0.1, 0.15) is 36.5 Å². The van der Waals surface area contributed by atoms with E-state index in [1.54, 1.807) is 0 Å². The van der Waals surface area contributed by atoms with E-state index in [-0.39, 0.29) is 0 Å². The molecule has 0 saturated heterocycles. The van der Waals surface area contributed by atoms with Gasteiger partial charge in [-0.3, -0.25) is 0 Å². The fourth-order valence-electron chi connectivity index (χ4n) is 4.94. The maximum atomic E-state index is 4.93. The summed E-state index contributed by atoms with van der Waals surface area (Å²) in [6, 6.07) is 41.5. The van der Waals surface area contributed by atoms with Gasteiger partial charge < -0.3 is 0 Å². The molecule has 0 bridgehead atoms. The molecule has 208 valence electrons. The van der Waals surface area contributed by atoms with Gasteiger partial charge in [-0.1, -0.05) is 123 Å². The molecule has 6 rings (SSSR count). The number of hydrogen-bond acceptors (Lipinski definition) is 0. The molecule has 0 amide bonds. The summed E-state index contributed by atoms with van der Waals surface area (Å²) in [5.41, 5.74) is 9.35. The molecule has 4 heteroatoms. The van der Waals surface area contributed by atoms with Gasteiger partial charge in [-0.05, 0) is 24.0 Å². The molecule has 0 fully saturated rings. The van der Waals surface area contributed by atoms with Crippen molar-refractivity contribution >= 4 is 48.1 Å². The monoisotopic (exact) mass is 670 g/mol. The molecule has 0 spiro atoms. The minimum atomic E-state index is -0.826. The van der Waals surface area contributed by atoms with Crippen LogP contribution in [0.15, 0.2) is 115 Å². The molecule has 0 aliphatic carbocycles. The zero-order valence-corrected chi connectivity index (χ0v) is 29.8. The second kappa shape index (κ2) is 17.0. The van der Waals surface area contributed by atoms with Crippen molar-refractivity contribution < 1.29 is 20.8 Å². The quantitative estimate of drug-likeness (QED) is 0.130. The van der Waals surface area contributed by atoms with Gasteiger partial charge in [0.25, 0.3) is 0 Å². The second-order valence-corrected chi connectivity index (χ2v) is 15.1. The number of benzene rings is 4. The van der Waals surface area contributed by atoms with E-state index in [0.717, 1.165) is 9.52 Å². The summed E-state index contributed by atoms with van der Waals surface area (Å²) >= 11 is -0.826. The van der Waals surface area contributed by atoms with Crippen molar-refractivity contribution in [2.24, 2.45) is 0 Å². The Bertz CT molecular complexity index is 1610. The van der Waals surface area contributed by atoms with Gasteiger partial charge in [-0.15, -0.1) is 63.0 Å². The topological polar surface area (TPSA) is 0 Å². The first-order valence-corrected chi connectivity index (χ1v) is 22.2. The van der Waals surface area contributed by atoms with Gasteiger partial charge in [0.15, 0.2) is 0 Å². The van der Waals surface area contributed by atoms with Crippen molar-refractivity contribution in [3.05, 3.63) is 132 Å². The van der Waals surface area contributed by atoms with Gasteiger partial charge in [0.1, 0.15) is 0 Å².